The molecule has 1 aliphatic heterocycles. The van der Waals surface area contributed by atoms with Crippen molar-refractivity contribution in [2.75, 3.05) is 13.1 Å². The Morgan fingerprint density at radius 3 is 2.83 bits per heavy atom. The normalized spacial score (nSPS) is 15.6. The highest BCUT2D eigenvalue weighted by atomic mass is 32.1. The minimum atomic E-state index is -0.108. The van der Waals surface area contributed by atoms with Gasteiger partial charge >= 0.3 is 0 Å². The van der Waals surface area contributed by atoms with Gasteiger partial charge in [0.2, 0.25) is 11.8 Å². The summed E-state index contributed by atoms with van der Waals surface area (Å²) in [5.41, 5.74) is -0.108. The van der Waals surface area contributed by atoms with Crippen molar-refractivity contribution >= 4 is 33.4 Å². The number of carbonyl (C=O) groups is 2. The number of piperidine rings is 1. The number of aryl methyl sites for hydroxylation is 1. The van der Waals surface area contributed by atoms with Gasteiger partial charge in [-0.25, -0.2) is 4.98 Å². The Kier molecular flexibility index (Phi) is 4.94. The topological polar surface area (TPSA) is 84.3 Å². The third kappa shape index (κ3) is 3.64. The number of likely N-dealkylation sites (tertiary alicyclic amines) is 1. The van der Waals surface area contributed by atoms with Crippen molar-refractivity contribution in [2.24, 2.45) is 0 Å². The Bertz CT molecular complexity index is 805. The number of hydrogen-bond donors (Lipinski definition) is 1. The summed E-state index contributed by atoms with van der Waals surface area (Å²) >= 11 is 1.43. The molecule has 2 amide bonds. The summed E-state index contributed by atoms with van der Waals surface area (Å²) in [6.07, 6.45) is 3.28. The Balaban J connectivity index is 1.51. The van der Waals surface area contributed by atoms with E-state index in [1.165, 1.54) is 22.2 Å². The fraction of sp³-hybridized carbons (Fsp3) is 0.500. The molecule has 8 heteroatoms. The molecule has 7 nitrogen and oxygen atoms in total. The van der Waals surface area contributed by atoms with Gasteiger partial charge in [0.1, 0.15) is 4.83 Å². The van der Waals surface area contributed by atoms with Crippen molar-refractivity contribution in [3.63, 3.8) is 0 Å². The van der Waals surface area contributed by atoms with Crippen molar-refractivity contribution in [1.82, 2.24) is 19.8 Å². The maximum absolute atomic E-state index is 12.3. The smallest absolute Gasteiger partial charge is 0.262 e. The molecule has 3 heterocycles. The van der Waals surface area contributed by atoms with Crippen LogP contribution in [0, 0.1) is 0 Å². The fourth-order valence-electron chi connectivity index (χ4n) is 2.91. The standard InChI is InChI=1S/C16H20N4O3S/c1-11(21)19-6-2-12(3-7-19)18-14(22)4-8-20-10-17-15-13(16(20)23)5-9-24-15/h5,9-10,12H,2-4,6-8H2,1H3,(H,18,22). The predicted octanol–water partition coefficient (Wildman–Crippen LogP) is 0.975. The maximum atomic E-state index is 12.3. The van der Waals surface area contributed by atoms with E-state index in [-0.39, 0.29) is 29.8 Å². The van der Waals surface area contributed by atoms with Gasteiger partial charge in [0.15, 0.2) is 0 Å². The number of carbonyl (C=O) groups excluding carboxylic acids is 2. The number of aromatic nitrogens is 2. The number of nitrogens with one attached hydrogen (secondary N) is 1. The van der Waals surface area contributed by atoms with Crippen LogP contribution < -0.4 is 10.9 Å². The van der Waals surface area contributed by atoms with E-state index in [2.05, 4.69) is 10.3 Å². The molecule has 0 saturated carbocycles. The second-order valence-corrected chi connectivity index (χ2v) is 6.87. The first kappa shape index (κ1) is 16.6. The molecule has 0 spiro atoms. The molecule has 0 aliphatic carbocycles. The second kappa shape index (κ2) is 7.12. The summed E-state index contributed by atoms with van der Waals surface area (Å²) in [5.74, 6) is 0.00376. The third-order valence-corrected chi connectivity index (χ3v) is 5.16. The van der Waals surface area contributed by atoms with Gasteiger partial charge in [-0.1, -0.05) is 0 Å². The van der Waals surface area contributed by atoms with Gasteiger partial charge in [-0.15, -0.1) is 11.3 Å². The molecular formula is C16H20N4O3S. The maximum Gasteiger partial charge on any atom is 0.262 e. The molecule has 2 aromatic heterocycles. The van der Waals surface area contributed by atoms with Crippen LogP contribution in [0.15, 0.2) is 22.6 Å². The van der Waals surface area contributed by atoms with Gasteiger partial charge in [-0.05, 0) is 24.3 Å². The molecule has 1 N–H and O–H groups in total. The lowest BCUT2D eigenvalue weighted by Crippen LogP contribution is -2.46. The Hall–Kier alpha value is -2.22. The number of amides is 2. The van der Waals surface area contributed by atoms with E-state index in [0.29, 0.717) is 25.0 Å². The van der Waals surface area contributed by atoms with Crippen LogP contribution in [0.5, 0.6) is 0 Å². The van der Waals surface area contributed by atoms with E-state index in [1.54, 1.807) is 17.9 Å². The lowest BCUT2D eigenvalue weighted by Gasteiger charge is -2.31. The highest BCUT2D eigenvalue weighted by molar-refractivity contribution is 7.16. The summed E-state index contributed by atoms with van der Waals surface area (Å²) < 4.78 is 1.48. The average molecular weight is 348 g/mol. The van der Waals surface area contributed by atoms with Crippen molar-refractivity contribution < 1.29 is 9.59 Å². The molecule has 0 radical (unpaired) electrons. The van der Waals surface area contributed by atoms with Crippen molar-refractivity contribution in [3.05, 3.63) is 28.1 Å². The van der Waals surface area contributed by atoms with Crippen molar-refractivity contribution in [1.29, 1.82) is 0 Å². The number of fused-ring (bicyclic) bond motifs is 1. The van der Waals surface area contributed by atoms with Crippen molar-refractivity contribution in [2.45, 2.75) is 38.8 Å². The molecule has 3 rings (SSSR count). The highest BCUT2D eigenvalue weighted by Crippen LogP contribution is 2.13. The highest BCUT2D eigenvalue weighted by Gasteiger charge is 2.21. The van der Waals surface area contributed by atoms with Gasteiger partial charge in [0, 0.05) is 39.0 Å². The fourth-order valence-corrected chi connectivity index (χ4v) is 3.64. The Labute approximate surface area is 143 Å². The van der Waals surface area contributed by atoms with Crippen molar-refractivity contribution in [3.8, 4) is 0 Å². The molecule has 1 saturated heterocycles. The van der Waals surface area contributed by atoms with Crippen LogP contribution in [0.3, 0.4) is 0 Å². The molecule has 24 heavy (non-hydrogen) atoms. The molecule has 1 fully saturated rings. The molecule has 0 atom stereocenters. The SMILES string of the molecule is CC(=O)N1CCC(NC(=O)CCn2cnc3sccc3c2=O)CC1. The second-order valence-electron chi connectivity index (χ2n) is 5.98. The Morgan fingerprint density at radius 2 is 2.12 bits per heavy atom. The van der Waals surface area contributed by atoms with Gasteiger partial charge < -0.3 is 10.2 Å². The predicted molar refractivity (Wildman–Crippen MR) is 91.9 cm³/mol. The number of hydrogen-bond acceptors (Lipinski definition) is 5. The lowest BCUT2D eigenvalue weighted by molar-refractivity contribution is -0.130. The molecule has 2 aromatic rings. The first-order valence-corrected chi connectivity index (χ1v) is 8.90. The monoisotopic (exact) mass is 348 g/mol. The zero-order chi connectivity index (χ0) is 17.1. The van der Waals surface area contributed by atoms with Crippen LogP contribution in [-0.2, 0) is 16.1 Å². The summed E-state index contributed by atoms with van der Waals surface area (Å²) in [5, 5.41) is 5.42. The minimum Gasteiger partial charge on any atom is -0.353 e. The van der Waals surface area contributed by atoms with Gasteiger partial charge in [-0.3, -0.25) is 19.0 Å². The molecular weight excluding hydrogens is 328 g/mol. The van der Waals surface area contributed by atoms with Gasteiger partial charge in [0.05, 0.1) is 11.7 Å². The Morgan fingerprint density at radius 1 is 1.38 bits per heavy atom. The van der Waals surface area contributed by atoms with Crippen LogP contribution >= 0.6 is 11.3 Å². The summed E-state index contributed by atoms with van der Waals surface area (Å²) in [7, 11) is 0. The van der Waals surface area contributed by atoms with Crippen LogP contribution in [-0.4, -0.2) is 45.4 Å². The van der Waals surface area contributed by atoms with E-state index in [1.807, 2.05) is 5.38 Å². The van der Waals surface area contributed by atoms with E-state index >= 15 is 0 Å². The average Bonchev–Trinajstić information content (AvgIpc) is 3.04. The third-order valence-electron chi connectivity index (χ3n) is 4.34. The summed E-state index contributed by atoms with van der Waals surface area (Å²) in [6.45, 7) is 3.24. The molecule has 0 bridgehead atoms. The molecule has 0 unspecified atom stereocenters. The lowest BCUT2D eigenvalue weighted by atomic mass is 10.0. The zero-order valence-corrected chi connectivity index (χ0v) is 14.3. The minimum absolute atomic E-state index is 0.0754. The van der Waals surface area contributed by atoms with Gasteiger partial charge in [-0.2, -0.15) is 0 Å². The first-order chi connectivity index (χ1) is 11.5. The van der Waals surface area contributed by atoms with Crippen LogP contribution in [0.25, 0.3) is 10.2 Å². The number of rotatable bonds is 4. The van der Waals surface area contributed by atoms with Gasteiger partial charge in [0.25, 0.3) is 5.56 Å². The summed E-state index contributed by atoms with van der Waals surface area (Å²) in [6, 6.07) is 1.86. The molecule has 0 aromatic carbocycles. The molecule has 1 aliphatic rings. The number of thiophene rings is 1. The first-order valence-electron chi connectivity index (χ1n) is 8.02. The van der Waals surface area contributed by atoms with E-state index in [9.17, 15) is 14.4 Å². The van der Waals surface area contributed by atoms with E-state index in [4.69, 9.17) is 0 Å². The van der Waals surface area contributed by atoms with Crippen LogP contribution in [0.4, 0.5) is 0 Å². The quantitative estimate of drug-likeness (QED) is 0.892. The zero-order valence-electron chi connectivity index (χ0n) is 13.5. The van der Waals surface area contributed by atoms with E-state index in [0.717, 1.165) is 17.7 Å². The largest absolute Gasteiger partial charge is 0.353 e. The van der Waals surface area contributed by atoms with E-state index < -0.39 is 0 Å². The number of nitrogens with zero attached hydrogens (tertiary/aromatic N) is 3. The summed E-state index contributed by atoms with van der Waals surface area (Å²) in [4.78, 5) is 42.4. The molecule has 128 valence electrons. The van der Waals surface area contributed by atoms with Crippen LogP contribution in [0.1, 0.15) is 26.2 Å². The van der Waals surface area contributed by atoms with Crippen LogP contribution in [0.2, 0.25) is 0 Å².